The first kappa shape index (κ1) is 12.5. The molecule has 1 aromatic carbocycles. The Bertz CT molecular complexity index is 364. The van der Waals surface area contributed by atoms with Crippen LogP contribution in [0.15, 0.2) is 18.2 Å². The van der Waals surface area contributed by atoms with Crippen molar-refractivity contribution in [1.82, 2.24) is 5.32 Å². The molecule has 88 valence electrons. The monoisotopic (exact) mass is 231 g/mol. The zero-order valence-corrected chi connectivity index (χ0v) is 8.28. The number of nitrogens with one attached hydrogen (secondary N) is 1. The first-order chi connectivity index (χ1) is 7.52. The van der Waals surface area contributed by atoms with Gasteiger partial charge in [0, 0.05) is 18.2 Å². The highest BCUT2D eigenvalue weighted by atomic mass is 19.1. The molecule has 0 aliphatic carbocycles. The van der Waals surface area contributed by atoms with E-state index in [2.05, 4.69) is 5.32 Å². The molecule has 0 aliphatic heterocycles. The van der Waals surface area contributed by atoms with Gasteiger partial charge in [0.2, 0.25) is 0 Å². The summed E-state index contributed by atoms with van der Waals surface area (Å²) in [6.07, 6.45) is -1.10. The van der Waals surface area contributed by atoms with Crippen LogP contribution in [0.1, 0.15) is 10.4 Å². The predicted molar refractivity (Wildman–Crippen MR) is 51.8 cm³/mol. The number of aliphatic hydroxyl groups excluding tert-OH is 2. The molecule has 0 bridgehead atoms. The molecular weight excluding hydrogens is 220 g/mol. The summed E-state index contributed by atoms with van der Waals surface area (Å²) in [6.45, 7) is -0.689. The van der Waals surface area contributed by atoms with Gasteiger partial charge >= 0.3 is 0 Å². The van der Waals surface area contributed by atoms with E-state index in [4.69, 9.17) is 10.2 Å². The number of carbonyl (C=O) groups is 1. The highest BCUT2D eigenvalue weighted by molar-refractivity contribution is 5.94. The number of benzene rings is 1. The summed E-state index contributed by atoms with van der Waals surface area (Å²) in [7, 11) is 0. The van der Waals surface area contributed by atoms with Crippen molar-refractivity contribution < 1.29 is 23.8 Å². The number of halogens is 2. The molecule has 1 atom stereocenters. The maximum atomic E-state index is 12.7. The number of hydrogen-bond donors (Lipinski definition) is 3. The van der Waals surface area contributed by atoms with Crippen LogP contribution in [0.4, 0.5) is 8.78 Å². The van der Waals surface area contributed by atoms with E-state index < -0.39 is 30.3 Å². The third-order valence-corrected chi connectivity index (χ3v) is 1.83. The molecule has 1 amide bonds. The average molecular weight is 231 g/mol. The SMILES string of the molecule is O=C(NCC(O)CO)c1cc(F)cc(F)c1. The minimum absolute atomic E-state index is 0.178. The summed E-state index contributed by atoms with van der Waals surface area (Å²) < 4.78 is 25.5. The molecule has 1 unspecified atom stereocenters. The fraction of sp³-hybridized carbons (Fsp3) is 0.300. The number of aliphatic hydroxyl groups is 2. The topological polar surface area (TPSA) is 69.6 Å². The third kappa shape index (κ3) is 3.56. The molecule has 1 aromatic rings. The fourth-order valence-corrected chi connectivity index (χ4v) is 1.06. The Labute approximate surface area is 90.5 Å². The molecule has 0 saturated heterocycles. The second kappa shape index (κ2) is 5.53. The number of carbonyl (C=O) groups excluding carboxylic acids is 1. The van der Waals surface area contributed by atoms with Crippen LogP contribution in [0.25, 0.3) is 0 Å². The van der Waals surface area contributed by atoms with Gasteiger partial charge in [-0.25, -0.2) is 8.78 Å². The quantitative estimate of drug-likeness (QED) is 0.685. The molecule has 0 saturated carbocycles. The van der Waals surface area contributed by atoms with Gasteiger partial charge in [0.05, 0.1) is 12.7 Å². The van der Waals surface area contributed by atoms with Crippen LogP contribution < -0.4 is 5.32 Å². The summed E-state index contributed by atoms with van der Waals surface area (Å²) in [4.78, 5) is 11.3. The van der Waals surface area contributed by atoms with Gasteiger partial charge in [-0.1, -0.05) is 0 Å². The maximum Gasteiger partial charge on any atom is 0.251 e. The van der Waals surface area contributed by atoms with Crippen molar-refractivity contribution in [1.29, 1.82) is 0 Å². The Balaban J connectivity index is 2.66. The lowest BCUT2D eigenvalue weighted by atomic mass is 10.2. The van der Waals surface area contributed by atoms with E-state index in [1.807, 2.05) is 0 Å². The zero-order chi connectivity index (χ0) is 12.1. The fourth-order valence-electron chi connectivity index (χ4n) is 1.06. The second-order valence-electron chi connectivity index (χ2n) is 3.20. The van der Waals surface area contributed by atoms with E-state index in [1.54, 1.807) is 0 Å². The van der Waals surface area contributed by atoms with Crippen molar-refractivity contribution in [2.45, 2.75) is 6.10 Å². The number of amides is 1. The van der Waals surface area contributed by atoms with Crippen LogP contribution >= 0.6 is 0 Å². The second-order valence-corrected chi connectivity index (χ2v) is 3.20. The Morgan fingerprint density at radius 2 is 1.88 bits per heavy atom. The van der Waals surface area contributed by atoms with Crippen LogP contribution in [0.2, 0.25) is 0 Å². The van der Waals surface area contributed by atoms with Crippen LogP contribution in [0.3, 0.4) is 0 Å². The Kier molecular flexibility index (Phi) is 4.33. The van der Waals surface area contributed by atoms with Crippen molar-refractivity contribution >= 4 is 5.91 Å². The first-order valence-electron chi connectivity index (χ1n) is 4.56. The molecule has 0 aromatic heterocycles. The number of rotatable bonds is 4. The molecule has 0 spiro atoms. The standard InChI is InChI=1S/C10H11F2NO3/c11-7-1-6(2-8(12)3-7)10(16)13-4-9(15)5-14/h1-3,9,14-15H,4-5H2,(H,13,16). The Hall–Kier alpha value is -1.53. The minimum atomic E-state index is -1.10. The molecule has 1 rings (SSSR count). The zero-order valence-electron chi connectivity index (χ0n) is 8.28. The van der Waals surface area contributed by atoms with Gasteiger partial charge in [-0.2, -0.15) is 0 Å². The average Bonchev–Trinajstić information content (AvgIpc) is 2.23. The molecule has 0 aliphatic rings. The summed E-state index contributed by atoms with van der Waals surface area (Å²) in [6, 6.07) is 2.41. The molecule has 4 nitrogen and oxygen atoms in total. The van der Waals surface area contributed by atoms with E-state index in [0.29, 0.717) is 6.07 Å². The lowest BCUT2D eigenvalue weighted by Gasteiger charge is -2.08. The van der Waals surface area contributed by atoms with E-state index in [9.17, 15) is 13.6 Å². The first-order valence-corrected chi connectivity index (χ1v) is 4.56. The summed E-state index contributed by atoms with van der Waals surface area (Å²) in [5, 5.41) is 19.7. The van der Waals surface area contributed by atoms with Gasteiger partial charge in [-0.3, -0.25) is 4.79 Å². The molecular formula is C10H11F2NO3. The molecule has 3 N–H and O–H groups in total. The molecule has 6 heteroatoms. The van der Waals surface area contributed by atoms with Gasteiger partial charge < -0.3 is 15.5 Å². The van der Waals surface area contributed by atoms with E-state index in [1.165, 1.54) is 0 Å². The van der Waals surface area contributed by atoms with Gasteiger partial charge in [-0.15, -0.1) is 0 Å². The molecule has 0 fully saturated rings. The van der Waals surface area contributed by atoms with E-state index >= 15 is 0 Å². The van der Waals surface area contributed by atoms with Crippen molar-refractivity contribution in [3.05, 3.63) is 35.4 Å². The Morgan fingerprint density at radius 3 is 2.38 bits per heavy atom. The normalized spacial score (nSPS) is 12.2. The van der Waals surface area contributed by atoms with Gasteiger partial charge in [0.25, 0.3) is 5.91 Å². The predicted octanol–water partition coefficient (Wildman–Crippen LogP) is 0.0478. The largest absolute Gasteiger partial charge is 0.394 e. The minimum Gasteiger partial charge on any atom is -0.394 e. The van der Waals surface area contributed by atoms with Gasteiger partial charge in [0.1, 0.15) is 11.6 Å². The Morgan fingerprint density at radius 1 is 1.31 bits per heavy atom. The van der Waals surface area contributed by atoms with Crippen molar-refractivity contribution in [2.24, 2.45) is 0 Å². The highest BCUT2D eigenvalue weighted by Crippen LogP contribution is 2.07. The molecule has 0 radical (unpaired) electrons. The van der Waals surface area contributed by atoms with Crippen molar-refractivity contribution in [3.63, 3.8) is 0 Å². The van der Waals surface area contributed by atoms with Crippen LogP contribution in [-0.4, -0.2) is 35.4 Å². The lowest BCUT2D eigenvalue weighted by Crippen LogP contribution is -2.33. The van der Waals surface area contributed by atoms with Gasteiger partial charge in [-0.05, 0) is 12.1 Å². The van der Waals surface area contributed by atoms with E-state index in [0.717, 1.165) is 12.1 Å². The summed E-state index contributed by atoms with van der Waals surface area (Å²) in [5.74, 6) is -2.42. The number of hydrogen-bond acceptors (Lipinski definition) is 3. The third-order valence-electron chi connectivity index (χ3n) is 1.83. The van der Waals surface area contributed by atoms with Gasteiger partial charge in [0.15, 0.2) is 0 Å². The van der Waals surface area contributed by atoms with Crippen molar-refractivity contribution in [2.75, 3.05) is 13.2 Å². The summed E-state index contributed by atoms with van der Waals surface area (Å²) in [5.41, 5.74) is -0.178. The van der Waals surface area contributed by atoms with E-state index in [-0.39, 0.29) is 12.1 Å². The molecule has 16 heavy (non-hydrogen) atoms. The van der Waals surface area contributed by atoms with Crippen LogP contribution in [-0.2, 0) is 0 Å². The summed E-state index contributed by atoms with van der Waals surface area (Å²) >= 11 is 0. The maximum absolute atomic E-state index is 12.7. The molecule has 0 heterocycles. The lowest BCUT2D eigenvalue weighted by molar-refractivity contribution is 0.0801. The smallest absolute Gasteiger partial charge is 0.251 e. The highest BCUT2D eigenvalue weighted by Gasteiger charge is 2.10. The van der Waals surface area contributed by atoms with Crippen molar-refractivity contribution in [3.8, 4) is 0 Å². The van der Waals surface area contributed by atoms with Crippen LogP contribution in [0.5, 0.6) is 0 Å². The van der Waals surface area contributed by atoms with Crippen LogP contribution in [0, 0.1) is 11.6 Å².